The zero-order valence-electron chi connectivity index (χ0n) is 10.3. The second-order valence-electron chi connectivity index (χ2n) is 3.86. The molecule has 0 aromatic heterocycles. The highest BCUT2D eigenvalue weighted by Gasteiger charge is 2.15. The van der Waals surface area contributed by atoms with Crippen LogP contribution in [0.2, 0.25) is 0 Å². The van der Waals surface area contributed by atoms with Crippen LogP contribution in [0.5, 0.6) is 0 Å². The fourth-order valence-corrected chi connectivity index (χ4v) is 1.14. The third-order valence-electron chi connectivity index (χ3n) is 2.19. The van der Waals surface area contributed by atoms with Gasteiger partial charge in [0.1, 0.15) is 0 Å². The average molecular weight is 216 g/mol. The molecule has 0 saturated heterocycles. The van der Waals surface area contributed by atoms with Crippen molar-refractivity contribution in [2.75, 3.05) is 26.3 Å². The number of nitrogens with one attached hydrogen (secondary N) is 2. The third-order valence-corrected chi connectivity index (χ3v) is 2.19. The summed E-state index contributed by atoms with van der Waals surface area (Å²) in [6.07, 6.45) is 0. The third kappa shape index (κ3) is 7.33. The predicted molar refractivity (Wildman–Crippen MR) is 61.8 cm³/mol. The molecule has 1 unspecified atom stereocenters. The van der Waals surface area contributed by atoms with Crippen molar-refractivity contribution >= 4 is 5.91 Å². The van der Waals surface area contributed by atoms with Crippen LogP contribution in [0.25, 0.3) is 0 Å². The molecule has 2 N–H and O–H groups in total. The molecular weight excluding hydrogens is 192 g/mol. The van der Waals surface area contributed by atoms with E-state index >= 15 is 0 Å². The lowest BCUT2D eigenvalue weighted by molar-refractivity contribution is -0.121. The molecule has 15 heavy (non-hydrogen) atoms. The number of ether oxygens (including phenoxy) is 1. The Labute approximate surface area is 92.8 Å². The van der Waals surface area contributed by atoms with E-state index in [-0.39, 0.29) is 11.9 Å². The Bertz CT molecular complexity index is 172. The van der Waals surface area contributed by atoms with Gasteiger partial charge >= 0.3 is 0 Å². The first-order valence-corrected chi connectivity index (χ1v) is 5.69. The maximum atomic E-state index is 11.5. The summed E-state index contributed by atoms with van der Waals surface area (Å²) < 4.78 is 5.33. The van der Waals surface area contributed by atoms with Gasteiger partial charge in [-0.25, -0.2) is 0 Å². The van der Waals surface area contributed by atoms with Gasteiger partial charge in [0, 0.05) is 6.61 Å². The van der Waals surface area contributed by atoms with Gasteiger partial charge in [0.2, 0.25) is 5.91 Å². The quantitative estimate of drug-likeness (QED) is 0.630. The summed E-state index contributed by atoms with van der Waals surface area (Å²) in [5, 5.41) is 5.96. The molecule has 0 aliphatic rings. The van der Waals surface area contributed by atoms with Crippen molar-refractivity contribution in [2.24, 2.45) is 5.92 Å². The molecule has 0 aromatic carbocycles. The van der Waals surface area contributed by atoms with Crippen LogP contribution in [0.3, 0.4) is 0 Å². The van der Waals surface area contributed by atoms with Gasteiger partial charge < -0.3 is 15.4 Å². The molecule has 4 nitrogen and oxygen atoms in total. The number of likely N-dealkylation sites (N-methyl/N-ethyl adjacent to an activating group) is 1. The van der Waals surface area contributed by atoms with Crippen molar-refractivity contribution in [1.29, 1.82) is 0 Å². The van der Waals surface area contributed by atoms with Crippen LogP contribution >= 0.6 is 0 Å². The summed E-state index contributed by atoms with van der Waals surface area (Å²) in [6.45, 7) is 10.6. The Kier molecular flexibility index (Phi) is 8.33. The van der Waals surface area contributed by atoms with E-state index < -0.39 is 0 Å². The summed E-state index contributed by atoms with van der Waals surface area (Å²) in [6, 6.07) is 0.108. The van der Waals surface area contributed by atoms with Crippen molar-refractivity contribution in [3.63, 3.8) is 0 Å². The minimum atomic E-state index is 0.0373. The fraction of sp³-hybridized carbons (Fsp3) is 0.909. The van der Waals surface area contributed by atoms with Crippen LogP contribution in [-0.4, -0.2) is 38.3 Å². The minimum Gasteiger partial charge on any atom is -0.380 e. The maximum Gasteiger partial charge on any atom is 0.234 e. The van der Waals surface area contributed by atoms with Gasteiger partial charge in [-0.2, -0.15) is 0 Å². The lowest BCUT2D eigenvalue weighted by Gasteiger charge is -2.22. The summed E-state index contributed by atoms with van der Waals surface area (Å²) in [7, 11) is 0. The largest absolute Gasteiger partial charge is 0.380 e. The summed E-state index contributed by atoms with van der Waals surface area (Å²) >= 11 is 0. The number of carbonyl (C=O) groups is 1. The minimum absolute atomic E-state index is 0.0373. The summed E-state index contributed by atoms with van der Waals surface area (Å²) in [5.74, 6) is 0.428. The number of hydrogen-bond donors (Lipinski definition) is 2. The fourth-order valence-electron chi connectivity index (χ4n) is 1.14. The standard InChI is InChI=1S/C11H24N2O2/c1-5-12-7-11(14)13-10(9(3)4)8-15-6-2/h9-10,12H,5-8H2,1-4H3,(H,13,14). The van der Waals surface area contributed by atoms with E-state index in [1.54, 1.807) is 0 Å². The van der Waals surface area contributed by atoms with Gasteiger partial charge in [0.25, 0.3) is 0 Å². The number of amides is 1. The zero-order valence-corrected chi connectivity index (χ0v) is 10.3. The van der Waals surface area contributed by atoms with Crippen LogP contribution < -0.4 is 10.6 Å². The van der Waals surface area contributed by atoms with Crippen LogP contribution in [-0.2, 0) is 9.53 Å². The first kappa shape index (κ1) is 14.4. The smallest absolute Gasteiger partial charge is 0.234 e. The zero-order chi connectivity index (χ0) is 11.7. The summed E-state index contributed by atoms with van der Waals surface area (Å²) in [5.41, 5.74) is 0. The Morgan fingerprint density at radius 2 is 2.00 bits per heavy atom. The Morgan fingerprint density at radius 3 is 2.47 bits per heavy atom. The second-order valence-corrected chi connectivity index (χ2v) is 3.86. The molecule has 0 bridgehead atoms. The van der Waals surface area contributed by atoms with Gasteiger partial charge in [0.05, 0.1) is 19.2 Å². The van der Waals surface area contributed by atoms with Crippen LogP contribution in [0.1, 0.15) is 27.7 Å². The lowest BCUT2D eigenvalue weighted by Crippen LogP contribution is -2.45. The Hall–Kier alpha value is -0.610. The number of hydrogen-bond acceptors (Lipinski definition) is 3. The molecule has 1 atom stereocenters. The first-order valence-electron chi connectivity index (χ1n) is 5.69. The highest BCUT2D eigenvalue weighted by molar-refractivity contribution is 5.78. The van der Waals surface area contributed by atoms with Crippen molar-refractivity contribution in [3.8, 4) is 0 Å². The van der Waals surface area contributed by atoms with Crippen molar-refractivity contribution in [3.05, 3.63) is 0 Å². The lowest BCUT2D eigenvalue weighted by atomic mass is 10.1. The molecule has 0 aliphatic heterocycles. The van der Waals surface area contributed by atoms with E-state index in [9.17, 15) is 4.79 Å². The Balaban J connectivity index is 3.87. The molecule has 0 saturated carbocycles. The second kappa shape index (κ2) is 8.68. The van der Waals surface area contributed by atoms with Gasteiger partial charge in [-0.15, -0.1) is 0 Å². The molecule has 90 valence electrons. The Morgan fingerprint density at radius 1 is 1.33 bits per heavy atom. The highest BCUT2D eigenvalue weighted by atomic mass is 16.5. The van der Waals surface area contributed by atoms with E-state index in [1.807, 2.05) is 13.8 Å². The molecular formula is C11H24N2O2. The van der Waals surface area contributed by atoms with Crippen molar-refractivity contribution in [2.45, 2.75) is 33.7 Å². The van der Waals surface area contributed by atoms with E-state index in [0.717, 1.165) is 6.54 Å². The normalized spacial score (nSPS) is 12.9. The van der Waals surface area contributed by atoms with Crippen LogP contribution in [0.4, 0.5) is 0 Å². The number of rotatable bonds is 8. The molecule has 0 aromatic rings. The van der Waals surface area contributed by atoms with Crippen molar-refractivity contribution in [1.82, 2.24) is 10.6 Å². The molecule has 0 spiro atoms. The molecule has 0 heterocycles. The SMILES string of the molecule is CCNCC(=O)NC(COCC)C(C)C. The molecule has 4 heteroatoms. The molecule has 0 fully saturated rings. The van der Waals surface area contributed by atoms with Gasteiger partial charge in [-0.05, 0) is 19.4 Å². The van der Waals surface area contributed by atoms with Crippen molar-refractivity contribution < 1.29 is 9.53 Å². The maximum absolute atomic E-state index is 11.5. The van der Waals surface area contributed by atoms with E-state index in [0.29, 0.717) is 25.7 Å². The number of carbonyl (C=O) groups excluding carboxylic acids is 1. The van der Waals surface area contributed by atoms with Crippen LogP contribution in [0, 0.1) is 5.92 Å². The molecule has 1 amide bonds. The van der Waals surface area contributed by atoms with E-state index in [4.69, 9.17) is 4.74 Å². The molecule has 0 rings (SSSR count). The van der Waals surface area contributed by atoms with Gasteiger partial charge in [-0.1, -0.05) is 20.8 Å². The predicted octanol–water partition coefficient (Wildman–Crippen LogP) is 0.773. The van der Waals surface area contributed by atoms with E-state index in [1.165, 1.54) is 0 Å². The highest BCUT2D eigenvalue weighted by Crippen LogP contribution is 2.01. The van der Waals surface area contributed by atoms with Crippen LogP contribution in [0.15, 0.2) is 0 Å². The monoisotopic (exact) mass is 216 g/mol. The topological polar surface area (TPSA) is 50.4 Å². The average Bonchev–Trinajstić information content (AvgIpc) is 2.20. The molecule has 0 aliphatic carbocycles. The van der Waals surface area contributed by atoms with Gasteiger partial charge in [-0.3, -0.25) is 4.79 Å². The molecule has 0 radical (unpaired) electrons. The summed E-state index contributed by atoms with van der Waals surface area (Å²) in [4.78, 5) is 11.5. The van der Waals surface area contributed by atoms with Gasteiger partial charge in [0.15, 0.2) is 0 Å². The first-order chi connectivity index (χ1) is 7.11. The van der Waals surface area contributed by atoms with E-state index in [2.05, 4.69) is 24.5 Å².